The Morgan fingerprint density at radius 2 is 0.674 bits per heavy atom. The molecule has 3 atom stereocenters. The van der Waals surface area contributed by atoms with Crippen LogP contribution in [0.2, 0.25) is 30.1 Å². The van der Waals surface area contributed by atoms with Crippen molar-refractivity contribution in [2.24, 2.45) is 5.73 Å². The molecular weight excluding hydrogens is 2010 g/mol. The molecule has 43 heteroatoms. The number of unbranched alkanes of at least 4 members (excludes halogenated alkanes) is 6. The molecule has 0 aromatic heterocycles. The second-order valence-corrected chi connectivity index (χ2v) is 42.7. The molecule has 5 aliphatic heterocycles. The molecule has 3 unspecified atom stereocenters. The van der Waals surface area contributed by atoms with Gasteiger partial charge in [-0.1, -0.05) is 132 Å². The van der Waals surface area contributed by atoms with Crippen LogP contribution in [-0.2, 0) is 140 Å². The molecule has 5 amide bonds. The molecule has 6 aromatic carbocycles. The molecule has 0 radical (unpaired) electrons. The van der Waals surface area contributed by atoms with E-state index in [-0.39, 0.29) is 110 Å². The summed E-state index contributed by atoms with van der Waals surface area (Å²) < 4.78 is 133. The lowest BCUT2D eigenvalue weighted by Crippen LogP contribution is -2.32. The van der Waals surface area contributed by atoms with Crippen molar-refractivity contribution in [3.05, 3.63) is 189 Å². The average Bonchev–Trinajstić information content (AvgIpc) is 1.70. The van der Waals surface area contributed by atoms with Crippen LogP contribution in [0.4, 0.5) is 0 Å². The number of fused-ring (bicyclic) bond motifs is 3. The lowest BCUT2D eigenvalue weighted by atomic mass is 9.85. The largest absolute Gasteiger partial charge is 0.379 e. The number of hydrogen-bond acceptors (Lipinski definition) is 29. The van der Waals surface area contributed by atoms with Crippen LogP contribution in [0.5, 0.6) is 0 Å². The van der Waals surface area contributed by atoms with Gasteiger partial charge in [0.25, 0.3) is 23.6 Å². The highest BCUT2D eigenvalue weighted by Gasteiger charge is 2.36. The molecule has 6 aromatic rings. The molecule has 2 fully saturated rings. The van der Waals surface area contributed by atoms with Crippen LogP contribution in [0, 0.1) is 0 Å². The van der Waals surface area contributed by atoms with Crippen LogP contribution < -0.4 is 20.5 Å². The number of halogens is 6. The number of amides is 5. The minimum absolute atomic E-state index is 0.0147. The first-order chi connectivity index (χ1) is 67.7. The quantitative estimate of drug-likeness (QED) is 0.0203. The molecule has 2 saturated heterocycles. The summed E-state index contributed by atoms with van der Waals surface area (Å²) in [6.45, 7) is 12.0. The summed E-state index contributed by atoms with van der Waals surface area (Å²) in [4.78, 5) is 110. The fourth-order valence-electron chi connectivity index (χ4n) is 16.3. The molecule has 5 aliphatic rings. The zero-order valence-electron chi connectivity index (χ0n) is 80.1. The van der Waals surface area contributed by atoms with E-state index < -0.39 is 65.5 Å². The van der Waals surface area contributed by atoms with Crippen molar-refractivity contribution in [2.75, 3.05) is 192 Å². The van der Waals surface area contributed by atoms with Gasteiger partial charge in [0.2, 0.25) is 26.0 Å². The fraction of sp³-hybridized carbons (Fsp3) is 0.551. The van der Waals surface area contributed by atoms with Crippen LogP contribution in [-0.4, -0.2) is 289 Å². The third-order valence-electron chi connectivity index (χ3n) is 23.3. The zero-order chi connectivity index (χ0) is 102. The van der Waals surface area contributed by atoms with Gasteiger partial charge in [-0.05, 0) is 183 Å². The van der Waals surface area contributed by atoms with Crippen LogP contribution in [0.3, 0.4) is 0 Å². The van der Waals surface area contributed by atoms with Gasteiger partial charge < -0.3 is 78.1 Å². The van der Waals surface area contributed by atoms with Crippen LogP contribution in [0.15, 0.2) is 124 Å². The zero-order valence-corrected chi connectivity index (χ0v) is 87.1. The van der Waals surface area contributed by atoms with Gasteiger partial charge in [0.15, 0.2) is 9.84 Å². The van der Waals surface area contributed by atoms with Gasteiger partial charge >= 0.3 is 11.9 Å². The predicted molar refractivity (Wildman–Crippen MR) is 534 cm³/mol. The van der Waals surface area contributed by atoms with Crippen LogP contribution >= 0.6 is 69.6 Å². The SMILES string of the molecule is CN1Cc2c(Cl)cc(Cl)cc2C(c2cccc(S(=O)(=O)CCCOCCOCCOCCN)c2)C1.CN1Cc2c(Cl)cc(Cl)cc2C(c2cccc(S(=O)(=O)NCCOCCOCCOCCCC(=O)CCCCCCC(=O)NCCOCCOCCOCCNS(=O)(=O)c3cccc(C4CN(C)Cc5c(Cl)cc(Cl)cc54)c3)c2)C1.O=C(CCCCCCC(=O)ON1C(=O)CCC1=O)ON1C(=O)CCC1=O. The topological polar surface area (TPSA) is 419 Å². The highest BCUT2D eigenvalue weighted by atomic mass is 35.5. The predicted octanol–water partition coefficient (Wildman–Crippen LogP) is 12.9. The van der Waals surface area contributed by atoms with Gasteiger partial charge in [-0.25, -0.2) is 44.3 Å². The summed E-state index contributed by atoms with van der Waals surface area (Å²) in [6, 6.07) is 32.1. The van der Waals surface area contributed by atoms with E-state index in [1.807, 2.05) is 57.5 Å². The highest BCUT2D eigenvalue weighted by Crippen LogP contribution is 2.43. The Balaban J connectivity index is 0.000000295. The molecule has 0 saturated carbocycles. The number of likely N-dealkylation sites (N-methyl/N-ethyl adjacent to an activating group) is 3. The maximum absolute atomic E-state index is 13.1. The normalized spacial score (nSPS) is 16.3. The third-order valence-corrected chi connectivity index (χ3v) is 29.7. The summed E-state index contributed by atoms with van der Waals surface area (Å²) in [6.07, 6.45) is 8.28. The summed E-state index contributed by atoms with van der Waals surface area (Å²) in [7, 11) is -4.94. The molecule has 11 rings (SSSR count). The molecule has 0 bridgehead atoms. The Hall–Kier alpha value is -7.33. The van der Waals surface area contributed by atoms with Crippen molar-refractivity contribution in [2.45, 2.75) is 174 Å². The number of carbonyl (C=O) groups excluding carboxylic acids is 8. The number of sulfone groups is 1. The lowest BCUT2D eigenvalue weighted by molar-refractivity contribution is -0.197. The van der Waals surface area contributed by atoms with Crippen molar-refractivity contribution in [3.8, 4) is 0 Å². The van der Waals surface area contributed by atoms with E-state index in [2.05, 4.69) is 29.5 Å². The summed E-state index contributed by atoms with van der Waals surface area (Å²) in [5, 5.41) is 7.40. The number of ether oxygens (including phenoxy) is 9. The molecule has 5 heterocycles. The van der Waals surface area contributed by atoms with E-state index in [0.717, 1.165) is 88.8 Å². The molecule has 0 spiro atoms. The van der Waals surface area contributed by atoms with Gasteiger partial charge in [-0.3, -0.25) is 28.8 Å². The number of Topliss-reactive ketones (excluding diaryl/α,β-unsaturated/α-hetero) is 1. The smallest absolute Gasteiger partial charge is 0.333 e. The fourth-order valence-corrected chi connectivity index (χ4v) is 21.4. The average molecular weight is 2140 g/mol. The molecule has 0 aliphatic carbocycles. The van der Waals surface area contributed by atoms with E-state index in [4.69, 9.17) is 128 Å². The lowest BCUT2D eigenvalue weighted by Gasteiger charge is -2.33. The second-order valence-electron chi connectivity index (χ2n) is 34.5. The summed E-state index contributed by atoms with van der Waals surface area (Å²) in [5.41, 5.74) is 14.1. The standard InChI is InChI=1S/C57H77Cl4N5O12S2.C25H34Cl2N2O5S.C16H20N2O8/c1-65-38-51(49-34-44(58)36-55(60)53(49)40-65)42-10-7-14-47(32-42)79(69,70)63-18-22-75-26-30-77-28-24-73-20-9-13-46(67)12-5-3-4-6-16-57(68)62-17-21-74-25-29-78-31-27-76-23-19-64-80(71,72)48-15-8-11-43(33-48)52-39-66(2)41-54-50(52)35-45(59)37-56(54)61;1-29-17-23(22-15-20(26)16-25(27)24(22)18-29)19-4-2-5-21(14-19)35(30,31)13-3-7-32-9-11-34-12-10-33-8-6-28;19-11-7-8-12(20)17(11)25-15(23)5-3-1-2-4-6-16(24)26-18-13(21)9-10-14(18)22/h7-8,10-11,14-15,32-37,51-52,63-64H,3-6,9,12-13,16-31,38-41H2,1-2H3,(H,62,68);2,4-5,14-16,23H,3,6-13,17-18,28H2,1H3;1-10H2. The van der Waals surface area contributed by atoms with Crippen molar-refractivity contribution in [1.29, 1.82) is 0 Å². The number of benzene rings is 6. The highest BCUT2D eigenvalue weighted by molar-refractivity contribution is 7.91. The van der Waals surface area contributed by atoms with Gasteiger partial charge in [-0.15, -0.1) is 10.1 Å². The van der Waals surface area contributed by atoms with Gasteiger partial charge in [-0.2, -0.15) is 0 Å². The number of imide groups is 2. The number of hydroxylamine groups is 4. The first-order valence-electron chi connectivity index (χ1n) is 47.5. The van der Waals surface area contributed by atoms with Gasteiger partial charge in [0.05, 0.1) is 126 Å². The summed E-state index contributed by atoms with van der Waals surface area (Å²) in [5.74, 6) is -3.37. The van der Waals surface area contributed by atoms with Crippen molar-refractivity contribution < 1.29 is 116 Å². The number of nitrogens with two attached hydrogens (primary N) is 1. The Bertz CT molecular complexity index is 5170. The van der Waals surface area contributed by atoms with E-state index in [9.17, 15) is 63.6 Å². The molecule has 5 N–H and O–H groups in total. The second kappa shape index (κ2) is 62.0. The molecule has 778 valence electrons. The van der Waals surface area contributed by atoms with E-state index in [1.54, 1.807) is 72.8 Å². The van der Waals surface area contributed by atoms with Gasteiger partial charge in [0, 0.05) is 184 Å². The summed E-state index contributed by atoms with van der Waals surface area (Å²) >= 11 is 38.5. The number of nitrogens with one attached hydrogen (secondary N) is 3. The monoisotopic (exact) mass is 2140 g/mol. The van der Waals surface area contributed by atoms with Crippen LogP contribution in [0.25, 0.3) is 0 Å². The van der Waals surface area contributed by atoms with Crippen molar-refractivity contribution in [3.63, 3.8) is 0 Å². The first-order valence-corrected chi connectivity index (χ1v) is 54.4. The minimum atomic E-state index is -3.77. The molecule has 141 heavy (non-hydrogen) atoms. The number of carbonyl (C=O) groups is 8. The Morgan fingerprint density at radius 1 is 0.362 bits per heavy atom. The Morgan fingerprint density at radius 3 is 1.05 bits per heavy atom. The molecule has 34 nitrogen and oxygen atoms in total. The Labute approximate surface area is 857 Å². The maximum Gasteiger partial charge on any atom is 0.333 e. The van der Waals surface area contributed by atoms with Crippen molar-refractivity contribution >= 4 is 147 Å². The minimum Gasteiger partial charge on any atom is -0.379 e. The number of ketones is 1. The number of sulfonamides is 2. The number of nitrogens with zero attached hydrogens (tertiary/aromatic N) is 5. The number of rotatable bonds is 61. The third kappa shape index (κ3) is 40.4. The Kier molecular flexibility index (Phi) is 51.5. The van der Waals surface area contributed by atoms with Gasteiger partial charge in [0.1, 0.15) is 5.78 Å². The van der Waals surface area contributed by atoms with Crippen molar-refractivity contribution in [1.82, 2.24) is 39.6 Å². The van der Waals surface area contributed by atoms with E-state index in [1.165, 1.54) is 0 Å². The number of hydrogen-bond donors (Lipinski definition) is 4. The maximum atomic E-state index is 13.1. The van der Waals surface area contributed by atoms with Crippen LogP contribution in [0.1, 0.15) is 190 Å². The first kappa shape index (κ1) is 117. The van der Waals surface area contributed by atoms with E-state index >= 15 is 0 Å². The van der Waals surface area contributed by atoms with E-state index in [0.29, 0.717) is 248 Å². The molecular formula is C98H131Cl6N9O25S3.